The number of hydrogen-bond donors (Lipinski definition) is 2. The maximum atomic E-state index is 16.0. The lowest BCUT2D eigenvalue weighted by molar-refractivity contribution is 0.174. The fourth-order valence-electron chi connectivity index (χ4n) is 4.60. The van der Waals surface area contributed by atoms with Crippen molar-refractivity contribution in [3.8, 4) is 23.0 Å². The Kier molecular flexibility index (Phi) is 5.81. The average molecular weight is 530 g/mol. The molecule has 0 atom stereocenters. The van der Waals surface area contributed by atoms with E-state index >= 15 is 4.21 Å². The standard InChI is InChI=1S/C29H27N3O5S/c1-34-22-10-8-21(9-11-22)29-31-25-16-26-27(37-19-36-26)17-28(25)38(33,32-29,24-14-12-23(35-2)13-15-24)30-18-20-6-4-3-5-7-20/h3-17H,18-19H2,1-2H3,(H2,30,31,32,33). The van der Waals surface area contributed by atoms with Crippen LogP contribution in [0.3, 0.4) is 0 Å². The molecule has 194 valence electrons. The van der Waals surface area contributed by atoms with Crippen molar-refractivity contribution in [2.45, 2.75) is 16.3 Å². The zero-order chi connectivity index (χ0) is 26.2. The summed E-state index contributed by atoms with van der Waals surface area (Å²) in [5, 5.41) is 3.39. The van der Waals surface area contributed by atoms with Gasteiger partial charge in [0.15, 0.2) is 11.5 Å². The summed E-state index contributed by atoms with van der Waals surface area (Å²) in [6.07, 6.45) is 0. The minimum Gasteiger partial charge on any atom is -0.497 e. The first-order valence-electron chi connectivity index (χ1n) is 12.1. The van der Waals surface area contributed by atoms with Crippen molar-refractivity contribution >= 4 is 21.0 Å². The second-order valence-corrected chi connectivity index (χ2v) is 12.1. The maximum absolute atomic E-state index is 16.0. The Labute approximate surface area is 220 Å². The summed E-state index contributed by atoms with van der Waals surface area (Å²) in [5.41, 5.74) is 2.34. The fourth-order valence-corrected chi connectivity index (χ4v) is 7.86. The normalized spacial score (nSPS) is 17.2. The minimum atomic E-state index is -4.38. The molecule has 2 aliphatic rings. The number of fused-ring (bicyclic) bond motifs is 2. The van der Waals surface area contributed by atoms with Gasteiger partial charge >= 0.3 is 0 Å². The topological polar surface area (TPSA) is 90.4 Å². The molecule has 0 radical (unpaired) electrons. The van der Waals surface area contributed by atoms with E-state index in [4.69, 9.17) is 23.3 Å². The van der Waals surface area contributed by atoms with Gasteiger partial charge in [-0.05, 0) is 54.1 Å². The molecule has 38 heavy (non-hydrogen) atoms. The Morgan fingerprint density at radius 1 is 0.868 bits per heavy atom. The average Bonchev–Trinajstić information content (AvgIpc) is 3.44. The molecular weight excluding hydrogens is 502 g/mol. The smallest absolute Gasteiger partial charge is 0.231 e. The lowest BCUT2D eigenvalue weighted by atomic mass is 10.2. The summed E-state index contributed by atoms with van der Waals surface area (Å²) in [5.74, 6) is 2.91. The van der Waals surface area contributed by atoms with Crippen LogP contribution in [0.4, 0.5) is 5.69 Å². The number of rotatable bonds is 7. The second-order valence-electron chi connectivity index (χ2n) is 8.88. The van der Waals surface area contributed by atoms with Crippen molar-refractivity contribution in [2.24, 2.45) is 4.40 Å². The van der Waals surface area contributed by atoms with Crippen LogP contribution in [0.1, 0.15) is 11.1 Å². The van der Waals surface area contributed by atoms with E-state index in [1.54, 1.807) is 44.6 Å². The number of ether oxygens (including phenoxy) is 4. The van der Waals surface area contributed by atoms with Gasteiger partial charge in [-0.3, -0.25) is 0 Å². The van der Waals surface area contributed by atoms with E-state index < -0.39 is 9.44 Å². The molecule has 2 aliphatic heterocycles. The predicted octanol–water partition coefficient (Wildman–Crippen LogP) is 5.16. The van der Waals surface area contributed by atoms with Gasteiger partial charge in [0.25, 0.3) is 0 Å². The van der Waals surface area contributed by atoms with Crippen LogP contribution < -0.4 is 29.0 Å². The third kappa shape index (κ3) is 3.96. The molecule has 6 rings (SSSR count). The quantitative estimate of drug-likeness (QED) is 0.344. The van der Waals surface area contributed by atoms with Crippen molar-refractivity contribution in [2.75, 3.05) is 26.3 Å². The Hall–Kier alpha value is -4.34. The van der Waals surface area contributed by atoms with Crippen molar-refractivity contribution in [3.05, 3.63) is 102 Å². The molecule has 0 unspecified atom stereocenters. The van der Waals surface area contributed by atoms with E-state index in [9.17, 15) is 0 Å². The molecule has 0 fully saturated rings. The van der Waals surface area contributed by atoms with Gasteiger partial charge in [-0.1, -0.05) is 30.3 Å². The van der Waals surface area contributed by atoms with E-state index in [1.807, 2.05) is 60.7 Å². The van der Waals surface area contributed by atoms with E-state index in [1.165, 1.54) is 0 Å². The van der Waals surface area contributed by atoms with Crippen LogP contribution in [0.15, 0.2) is 105 Å². The van der Waals surface area contributed by atoms with Crippen LogP contribution in [0.5, 0.6) is 23.0 Å². The lowest BCUT2D eigenvalue weighted by Gasteiger charge is -2.44. The molecule has 2 heterocycles. The molecule has 2 N–H and O–H groups in total. The molecule has 0 aromatic heterocycles. The molecule has 0 amide bonds. The number of nitrogens with zero attached hydrogens (tertiary/aromatic N) is 1. The Morgan fingerprint density at radius 3 is 2.16 bits per heavy atom. The van der Waals surface area contributed by atoms with Gasteiger partial charge < -0.3 is 24.3 Å². The largest absolute Gasteiger partial charge is 0.497 e. The SMILES string of the molecule is COc1ccc(C2=NS(=O)(NCc3ccccc3)(c3ccc(OC)cc3)c3cc4c(cc3N2)OCO4)cc1. The molecule has 0 saturated heterocycles. The zero-order valence-electron chi connectivity index (χ0n) is 21.0. The van der Waals surface area contributed by atoms with Crippen LogP contribution in [-0.4, -0.2) is 31.1 Å². The summed E-state index contributed by atoms with van der Waals surface area (Å²) in [7, 11) is -1.17. The molecule has 0 spiro atoms. The highest BCUT2D eigenvalue weighted by atomic mass is 32.3. The number of benzene rings is 4. The van der Waals surface area contributed by atoms with Crippen LogP contribution >= 0.6 is 0 Å². The number of amidine groups is 1. The fraction of sp³-hybridized carbons (Fsp3) is 0.138. The predicted molar refractivity (Wildman–Crippen MR) is 147 cm³/mol. The van der Waals surface area contributed by atoms with Gasteiger partial charge in [0.2, 0.25) is 6.79 Å². The van der Waals surface area contributed by atoms with Gasteiger partial charge in [-0.2, -0.15) is 4.40 Å². The van der Waals surface area contributed by atoms with Crippen LogP contribution in [0.2, 0.25) is 0 Å². The highest BCUT2D eigenvalue weighted by molar-refractivity contribution is 8.17. The third-order valence-corrected chi connectivity index (χ3v) is 10.2. The number of hydrogen-bond acceptors (Lipinski definition) is 6. The van der Waals surface area contributed by atoms with Gasteiger partial charge in [-0.15, -0.1) is 0 Å². The summed E-state index contributed by atoms with van der Waals surface area (Å²) in [6.45, 7) is 0.405. The lowest BCUT2D eigenvalue weighted by Crippen LogP contribution is -2.49. The number of anilines is 1. The van der Waals surface area contributed by atoms with E-state index in [2.05, 4.69) is 10.0 Å². The first-order valence-corrected chi connectivity index (χ1v) is 14.0. The zero-order valence-corrected chi connectivity index (χ0v) is 21.8. The molecule has 0 bridgehead atoms. The molecule has 4 aromatic rings. The summed E-state index contributed by atoms with van der Waals surface area (Å²) in [4.78, 5) is 0.982. The van der Waals surface area contributed by atoms with E-state index in [0.717, 1.165) is 11.1 Å². The first-order chi connectivity index (χ1) is 18.5. The van der Waals surface area contributed by atoms with Crippen LogP contribution in [0.25, 0.3) is 0 Å². The van der Waals surface area contributed by atoms with Crippen LogP contribution in [-0.2, 0) is 16.0 Å². The second kappa shape index (κ2) is 9.20. The maximum Gasteiger partial charge on any atom is 0.231 e. The van der Waals surface area contributed by atoms with Gasteiger partial charge in [0.1, 0.15) is 17.3 Å². The van der Waals surface area contributed by atoms with Crippen molar-refractivity contribution in [3.63, 3.8) is 0 Å². The van der Waals surface area contributed by atoms with Crippen molar-refractivity contribution in [1.29, 1.82) is 0 Å². The van der Waals surface area contributed by atoms with Gasteiger partial charge in [0, 0.05) is 24.2 Å². The van der Waals surface area contributed by atoms with Crippen molar-refractivity contribution < 1.29 is 23.2 Å². The highest BCUT2D eigenvalue weighted by Crippen LogP contribution is 2.52. The summed E-state index contributed by atoms with van der Waals surface area (Å²) < 4.78 is 46.5. The monoisotopic (exact) mass is 529 g/mol. The number of methoxy groups -OCH3 is 2. The molecule has 9 heteroatoms. The number of nitrogens with one attached hydrogen (secondary N) is 2. The van der Waals surface area contributed by atoms with E-state index in [-0.39, 0.29) is 6.79 Å². The Balaban J connectivity index is 1.61. The summed E-state index contributed by atoms with van der Waals surface area (Å²) >= 11 is 0. The first kappa shape index (κ1) is 24.0. The molecule has 4 aromatic carbocycles. The molecule has 0 aliphatic carbocycles. The summed E-state index contributed by atoms with van der Waals surface area (Å²) in [6, 6.07) is 28.0. The van der Waals surface area contributed by atoms with Crippen molar-refractivity contribution in [1.82, 2.24) is 4.72 Å². The van der Waals surface area contributed by atoms with Gasteiger partial charge in [0.05, 0.1) is 39.1 Å². The molecular formula is C29H27N3O5S. The molecule has 0 saturated carbocycles. The van der Waals surface area contributed by atoms with E-state index in [0.29, 0.717) is 50.9 Å². The minimum absolute atomic E-state index is 0.0940. The Bertz CT molecular complexity index is 1590. The van der Waals surface area contributed by atoms with Crippen LogP contribution in [0, 0.1) is 0 Å². The third-order valence-electron chi connectivity index (χ3n) is 6.65. The van der Waals surface area contributed by atoms with Gasteiger partial charge in [-0.25, -0.2) is 8.93 Å². The highest BCUT2D eigenvalue weighted by Gasteiger charge is 2.46. The molecule has 8 nitrogen and oxygen atoms in total. The Morgan fingerprint density at radius 2 is 1.50 bits per heavy atom.